The van der Waals surface area contributed by atoms with Gasteiger partial charge in [-0.15, -0.1) is 0 Å². The molecule has 0 aliphatic carbocycles. The number of hydrogen-bond acceptors (Lipinski definition) is 5. The third-order valence-electron chi connectivity index (χ3n) is 2.91. The van der Waals surface area contributed by atoms with E-state index in [2.05, 4.69) is 10.5 Å². The molecule has 0 aromatic heterocycles. The minimum absolute atomic E-state index is 0.629. The summed E-state index contributed by atoms with van der Waals surface area (Å²) in [7, 11) is 4.78. The van der Waals surface area contributed by atoms with Crippen molar-refractivity contribution in [1.29, 1.82) is 0 Å². The normalized spacial score (nSPS) is 10.4. The van der Waals surface area contributed by atoms with Crippen molar-refractivity contribution < 1.29 is 14.2 Å². The fourth-order valence-corrected chi connectivity index (χ4v) is 1.84. The molecule has 2 rings (SSSR count). The fraction of sp³-hybridized carbons (Fsp3) is 0.188. The number of para-hydroxylation sites is 1. The molecule has 0 radical (unpaired) electrons. The lowest BCUT2D eigenvalue weighted by Crippen LogP contribution is -1.99. The quantitative estimate of drug-likeness (QED) is 0.654. The maximum atomic E-state index is 5.35. The molecule has 0 saturated heterocycles. The summed E-state index contributed by atoms with van der Waals surface area (Å²) in [4.78, 5) is 0. The molecule has 0 atom stereocenters. The first-order valence-corrected chi connectivity index (χ1v) is 6.42. The maximum Gasteiger partial charge on any atom is 0.135 e. The number of hydrogen-bond donors (Lipinski definition) is 1. The number of nitrogens with zero attached hydrogens (tertiary/aromatic N) is 1. The van der Waals surface area contributed by atoms with E-state index in [1.54, 1.807) is 39.7 Å². The monoisotopic (exact) mass is 286 g/mol. The molecule has 2 aromatic carbocycles. The molecule has 0 unspecified atom stereocenters. The smallest absolute Gasteiger partial charge is 0.135 e. The van der Waals surface area contributed by atoms with Crippen LogP contribution in [0.25, 0.3) is 0 Å². The van der Waals surface area contributed by atoms with Gasteiger partial charge in [-0.3, -0.25) is 5.43 Å². The summed E-state index contributed by atoms with van der Waals surface area (Å²) in [5.74, 6) is 1.92. The minimum Gasteiger partial charge on any atom is -0.496 e. The number of anilines is 1. The highest BCUT2D eigenvalue weighted by Gasteiger charge is 2.11. The van der Waals surface area contributed by atoms with Crippen LogP contribution in [0, 0.1) is 0 Å². The molecule has 5 nitrogen and oxygen atoms in total. The second-order valence-corrected chi connectivity index (χ2v) is 4.18. The van der Waals surface area contributed by atoms with Gasteiger partial charge in [-0.2, -0.15) is 5.10 Å². The topological polar surface area (TPSA) is 52.1 Å². The van der Waals surface area contributed by atoms with Gasteiger partial charge in [0.2, 0.25) is 0 Å². The zero-order valence-corrected chi connectivity index (χ0v) is 12.3. The maximum absolute atomic E-state index is 5.35. The standard InChI is InChI=1S/C16H18N2O3/c1-19-13-9-15(20-2)14(16(10-13)21-3)11-17-18-12-7-5-4-6-8-12/h4-11,18H,1-3H3. The minimum atomic E-state index is 0.629. The molecule has 0 saturated carbocycles. The Morgan fingerprint density at radius 1 is 0.905 bits per heavy atom. The molecule has 5 heteroatoms. The summed E-state index contributed by atoms with van der Waals surface area (Å²) in [6.45, 7) is 0. The Labute approximate surface area is 124 Å². The van der Waals surface area contributed by atoms with E-state index in [0.717, 1.165) is 11.3 Å². The lowest BCUT2D eigenvalue weighted by molar-refractivity contribution is 0.374. The number of ether oxygens (including phenoxy) is 3. The van der Waals surface area contributed by atoms with E-state index >= 15 is 0 Å². The van der Waals surface area contributed by atoms with E-state index in [1.807, 2.05) is 30.3 Å². The first-order valence-electron chi connectivity index (χ1n) is 6.42. The number of methoxy groups -OCH3 is 3. The van der Waals surface area contributed by atoms with Crippen molar-refractivity contribution in [2.45, 2.75) is 0 Å². The van der Waals surface area contributed by atoms with E-state index in [1.165, 1.54) is 0 Å². The zero-order valence-electron chi connectivity index (χ0n) is 12.3. The first-order chi connectivity index (χ1) is 10.3. The van der Waals surface area contributed by atoms with Crippen molar-refractivity contribution in [3.05, 3.63) is 48.0 Å². The van der Waals surface area contributed by atoms with Crippen molar-refractivity contribution in [2.24, 2.45) is 5.10 Å². The van der Waals surface area contributed by atoms with Crippen LogP contribution in [0.15, 0.2) is 47.6 Å². The highest BCUT2D eigenvalue weighted by atomic mass is 16.5. The van der Waals surface area contributed by atoms with E-state index < -0.39 is 0 Å². The van der Waals surface area contributed by atoms with Gasteiger partial charge >= 0.3 is 0 Å². The van der Waals surface area contributed by atoms with Crippen LogP contribution >= 0.6 is 0 Å². The Kier molecular flexibility index (Phi) is 5.04. The summed E-state index contributed by atoms with van der Waals surface area (Å²) in [6.07, 6.45) is 1.66. The van der Waals surface area contributed by atoms with Gasteiger partial charge in [-0.1, -0.05) is 18.2 Å². The van der Waals surface area contributed by atoms with Gasteiger partial charge in [-0.05, 0) is 12.1 Å². The van der Waals surface area contributed by atoms with Crippen LogP contribution in [-0.4, -0.2) is 27.5 Å². The van der Waals surface area contributed by atoms with Gasteiger partial charge in [-0.25, -0.2) is 0 Å². The van der Waals surface area contributed by atoms with Crippen LogP contribution in [-0.2, 0) is 0 Å². The predicted octanol–water partition coefficient (Wildman–Crippen LogP) is 3.16. The number of benzene rings is 2. The van der Waals surface area contributed by atoms with E-state index in [0.29, 0.717) is 17.2 Å². The molecule has 0 amide bonds. The van der Waals surface area contributed by atoms with Crippen molar-refractivity contribution >= 4 is 11.9 Å². The summed E-state index contributed by atoms with van der Waals surface area (Å²) < 4.78 is 15.9. The molecule has 0 heterocycles. The molecule has 21 heavy (non-hydrogen) atoms. The van der Waals surface area contributed by atoms with Gasteiger partial charge in [0.15, 0.2) is 0 Å². The third-order valence-corrected chi connectivity index (χ3v) is 2.91. The molecule has 0 bridgehead atoms. The lowest BCUT2D eigenvalue weighted by atomic mass is 10.2. The molecule has 1 N–H and O–H groups in total. The van der Waals surface area contributed by atoms with Crippen LogP contribution in [0.3, 0.4) is 0 Å². The SMILES string of the molecule is COc1cc(OC)c(C=NNc2ccccc2)c(OC)c1. The molecule has 0 aliphatic rings. The van der Waals surface area contributed by atoms with Crippen LogP contribution in [0.5, 0.6) is 17.2 Å². The molecule has 0 fully saturated rings. The van der Waals surface area contributed by atoms with Crippen molar-refractivity contribution in [1.82, 2.24) is 0 Å². The van der Waals surface area contributed by atoms with E-state index in [9.17, 15) is 0 Å². The average Bonchev–Trinajstić information content (AvgIpc) is 2.55. The van der Waals surface area contributed by atoms with Crippen LogP contribution in [0.4, 0.5) is 5.69 Å². The lowest BCUT2D eigenvalue weighted by Gasteiger charge is -2.12. The fourth-order valence-electron chi connectivity index (χ4n) is 1.84. The number of nitrogens with one attached hydrogen (secondary N) is 1. The molecule has 110 valence electrons. The number of rotatable bonds is 6. The third kappa shape index (κ3) is 3.66. The molecule has 0 aliphatic heterocycles. The van der Waals surface area contributed by atoms with Crippen molar-refractivity contribution in [2.75, 3.05) is 26.8 Å². The van der Waals surface area contributed by atoms with Crippen molar-refractivity contribution in [3.8, 4) is 17.2 Å². The van der Waals surface area contributed by atoms with E-state index in [4.69, 9.17) is 14.2 Å². The largest absolute Gasteiger partial charge is 0.496 e. The molecule has 2 aromatic rings. The van der Waals surface area contributed by atoms with Gasteiger partial charge in [0.05, 0.1) is 38.8 Å². The van der Waals surface area contributed by atoms with Crippen LogP contribution in [0.1, 0.15) is 5.56 Å². The average molecular weight is 286 g/mol. The number of hydrazone groups is 1. The zero-order chi connectivity index (χ0) is 15.1. The van der Waals surface area contributed by atoms with Gasteiger partial charge in [0.25, 0.3) is 0 Å². The summed E-state index contributed by atoms with van der Waals surface area (Å²) in [5.41, 5.74) is 4.59. The molecular formula is C16H18N2O3. The Morgan fingerprint density at radius 3 is 2.05 bits per heavy atom. The Hall–Kier alpha value is -2.69. The van der Waals surface area contributed by atoms with Crippen LogP contribution < -0.4 is 19.6 Å². The second-order valence-electron chi connectivity index (χ2n) is 4.18. The van der Waals surface area contributed by atoms with Gasteiger partial charge in [0, 0.05) is 12.1 Å². The summed E-state index contributed by atoms with van der Waals surface area (Å²) in [5, 5.41) is 4.21. The molecular weight excluding hydrogens is 268 g/mol. The second kappa shape index (κ2) is 7.19. The summed E-state index contributed by atoms with van der Waals surface area (Å²) in [6, 6.07) is 13.3. The predicted molar refractivity (Wildman–Crippen MR) is 83.8 cm³/mol. The Bertz CT molecular complexity index is 587. The first kappa shape index (κ1) is 14.7. The van der Waals surface area contributed by atoms with E-state index in [-0.39, 0.29) is 0 Å². The van der Waals surface area contributed by atoms with Gasteiger partial charge < -0.3 is 14.2 Å². The summed E-state index contributed by atoms with van der Waals surface area (Å²) >= 11 is 0. The Morgan fingerprint density at radius 2 is 1.52 bits per heavy atom. The highest BCUT2D eigenvalue weighted by Crippen LogP contribution is 2.32. The van der Waals surface area contributed by atoms with Gasteiger partial charge in [0.1, 0.15) is 17.2 Å². The molecule has 0 spiro atoms. The Balaban J connectivity index is 2.25. The highest BCUT2D eigenvalue weighted by molar-refractivity contribution is 5.88. The van der Waals surface area contributed by atoms with Crippen LogP contribution in [0.2, 0.25) is 0 Å². The van der Waals surface area contributed by atoms with Crippen molar-refractivity contribution in [3.63, 3.8) is 0 Å².